The molecular formula is C14H14ClFN2OS. The van der Waals surface area contributed by atoms with E-state index in [1.807, 2.05) is 6.92 Å². The first-order chi connectivity index (χ1) is 9.47. The fourth-order valence-electron chi connectivity index (χ4n) is 1.80. The van der Waals surface area contributed by atoms with Crippen LogP contribution in [0.3, 0.4) is 0 Å². The van der Waals surface area contributed by atoms with Crippen LogP contribution in [0.5, 0.6) is 0 Å². The zero-order valence-corrected chi connectivity index (χ0v) is 12.8. The molecule has 0 unspecified atom stereocenters. The molecule has 0 atom stereocenters. The number of rotatable bonds is 5. The van der Waals surface area contributed by atoms with Crippen molar-refractivity contribution in [1.82, 2.24) is 9.78 Å². The highest BCUT2D eigenvalue weighted by Crippen LogP contribution is 2.22. The minimum absolute atomic E-state index is 0.0595. The average Bonchev–Trinajstić information content (AvgIpc) is 2.65. The third-order valence-electron chi connectivity index (χ3n) is 2.84. The molecule has 1 aromatic carbocycles. The lowest BCUT2D eigenvalue weighted by Gasteiger charge is -2.03. The van der Waals surface area contributed by atoms with Crippen molar-refractivity contribution in [1.29, 1.82) is 0 Å². The second kappa shape index (κ2) is 6.41. The van der Waals surface area contributed by atoms with Gasteiger partial charge in [0.25, 0.3) is 0 Å². The molecule has 0 aliphatic rings. The Hall–Kier alpha value is -1.33. The Morgan fingerprint density at radius 1 is 1.40 bits per heavy atom. The molecule has 0 saturated carbocycles. The van der Waals surface area contributed by atoms with Crippen LogP contribution in [0.25, 0.3) is 0 Å². The molecule has 0 radical (unpaired) electrons. The Kier molecular flexibility index (Phi) is 4.83. The topological polar surface area (TPSA) is 34.9 Å². The summed E-state index contributed by atoms with van der Waals surface area (Å²) in [4.78, 5) is 12.8. The lowest BCUT2D eigenvalue weighted by molar-refractivity contribution is -0.116. The Labute approximate surface area is 126 Å². The second-order valence-corrected chi connectivity index (χ2v) is 5.85. The molecule has 0 aliphatic carbocycles. The third-order valence-corrected chi connectivity index (χ3v) is 4.40. The highest BCUT2D eigenvalue weighted by atomic mass is 35.5. The van der Waals surface area contributed by atoms with Gasteiger partial charge in [-0.2, -0.15) is 5.10 Å². The maximum atomic E-state index is 12.8. The molecule has 0 bridgehead atoms. The quantitative estimate of drug-likeness (QED) is 0.793. The molecule has 2 rings (SSSR count). The first kappa shape index (κ1) is 15.1. The average molecular weight is 313 g/mol. The smallest absolute Gasteiger partial charge is 0.149 e. The number of aromatic nitrogens is 2. The van der Waals surface area contributed by atoms with Gasteiger partial charge in [0.05, 0.1) is 28.6 Å². The summed E-state index contributed by atoms with van der Waals surface area (Å²) in [5, 5.41) is 4.72. The van der Waals surface area contributed by atoms with Crippen LogP contribution in [0, 0.1) is 12.7 Å². The number of carbonyl (C=O) groups is 1. The van der Waals surface area contributed by atoms with E-state index in [4.69, 9.17) is 11.6 Å². The minimum Gasteiger partial charge on any atom is -0.298 e. The van der Waals surface area contributed by atoms with Gasteiger partial charge in [-0.15, -0.1) is 11.8 Å². The molecule has 106 valence electrons. The Morgan fingerprint density at radius 3 is 2.60 bits per heavy atom. The molecular weight excluding hydrogens is 299 g/mol. The first-order valence-corrected chi connectivity index (χ1v) is 7.41. The first-order valence-electron chi connectivity index (χ1n) is 6.05. The van der Waals surface area contributed by atoms with Crippen LogP contribution in [0.15, 0.2) is 29.2 Å². The summed E-state index contributed by atoms with van der Waals surface area (Å²) in [6, 6.07) is 6.09. The van der Waals surface area contributed by atoms with E-state index in [1.54, 1.807) is 23.9 Å². The predicted molar refractivity (Wildman–Crippen MR) is 78.8 cm³/mol. The number of hydrogen-bond donors (Lipinski definition) is 0. The lowest BCUT2D eigenvalue weighted by atomic mass is 10.2. The van der Waals surface area contributed by atoms with E-state index in [-0.39, 0.29) is 18.0 Å². The van der Waals surface area contributed by atoms with Crippen molar-refractivity contribution in [2.45, 2.75) is 18.2 Å². The lowest BCUT2D eigenvalue weighted by Crippen LogP contribution is -2.10. The summed E-state index contributed by atoms with van der Waals surface area (Å²) in [7, 11) is 1.77. The van der Waals surface area contributed by atoms with Crippen LogP contribution >= 0.6 is 23.4 Å². The summed E-state index contributed by atoms with van der Waals surface area (Å²) in [5.74, 6) is 0.105. The second-order valence-electron chi connectivity index (χ2n) is 4.43. The van der Waals surface area contributed by atoms with E-state index in [1.165, 1.54) is 23.9 Å². The molecule has 6 heteroatoms. The number of halogens is 2. The summed E-state index contributed by atoms with van der Waals surface area (Å²) < 4.78 is 14.4. The summed E-state index contributed by atoms with van der Waals surface area (Å²) in [5.41, 5.74) is 1.46. The van der Waals surface area contributed by atoms with Crippen LogP contribution in [0.1, 0.15) is 11.4 Å². The molecule has 0 saturated heterocycles. The number of ketones is 1. The Balaban J connectivity index is 1.94. The van der Waals surface area contributed by atoms with Crippen molar-refractivity contribution in [3.63, 3.8) is 0 Å². The van der Waals surface area contributed by atoms with Crippen LogP contribution in [-0.4, -0.2) is 21.3 Å². The molecule has 0 N–H and O–H groups in total. The number of aryl methyl sites for hydroxylation is 2. The van der Waals surface area contributed by atoms with Gasteiger partial charge in [0.2, 0.25) is 0 Å². The monoisotopic (exact) mass is 312 g/mol. The summed E-state index contributed by atoms with van der Waals surface area (Å²) in [6.45, 7) is 1.81. The number of Topliss-reactive ketones (excluding diaryl/α,β-unsaturated/α-hetero) is 1. The van der Waals surface area contributed by atoms with Crippen molar-refractivity contribution in [3.8, 4) is 0 Å². The number of benzene rings is 1. The Morgan fingerprint density at radius 2 is 2.05 bits per heavy atom. The van der Waals surface area contributed by atoms with Gasteiger partial charge in [-0.25, -0.2) is 4.39 Å². The molecule has 0 amide bonds. The summed E-state index contributed by atoms with van der Waals surface area (Å²) >= 11 is 7.49. The minimum atomic E-state index is -0.280. The number of nitrogens with zero attached hydrogens (tertiary/aromatic N) is 2. The van der Waals surface area contributed by atoms with Gasteiger partial charge >= 0.3 is 0 Å². The summed E-state index contributed by atoms with van der Waals surface area (Å²) in [6.07, 6.45) is 0.254. The van der Waals surface area contributed by atoms with Gasteiger partial charge in [0.15, 0.2) is 0 Å². The molecule has 3 nitrogen and oxygen atoms in total. The fourth-order valence-corrected chi connectivity index (χ4v) is 2.79. The zero-order chi connectivity index (χ0) is 14.7. The number of thioether (sulfide) groups is 1. The van der Waals surface area contributed by atoms with Crippen molar-refractivity contribution in [2.24, 2.45) is 7.05 Å². The van der Waals surface area contributed by atoms with E-state index in [2.05, 4.69) is 5.10 Å². The number of carbonyl (C=O) groups excluding carboxylic acids is 1. The van der Waals surface area contributed by atoms with E-state index >= 15 is 0 Å². The van der Waals surface area contributed by atoms with Crippen molar-refractivity contribution >= 4 is 29.1 Å². The van der Waals surface area contributed by atoms with E-state index in [0.717, 1.165) is 16.3 Å². The predicted octanol–water partition coefficient (Wildman–Crippen LogP) is 3.42. The van der Waals surface area contributed by atoms with Crippen molar-refractivity contribution in [2.75, 3.05) is 5.75 Å². The maximum absolute atomic E-state index is 12.8. The van der Waals surface area contributed by atoms with Crippen molar-refractivity contribution in [3.05, 3.63) is 46.5 Å². The Bertz CT molecular complexity index is 625. The molecule has 0 aliphatic heterocycles. The van der Waals surface area contributed by atoms with Gasteiger partial charge in [0, 0.05) is 11.9 Å². The van der Waals surface area contributed by atoms with Gasteiger partial charge in [-0.3, -0.25) is 9.48 Å². The molecule has 1 heterocycles. The van der Waals surface area contributed by atoms with Crippen LogP contribution in [-0.2, 0) is 18.3 Å². The molecule has 20 heavy (non-hydrogen) atoms. The molecule has 0 fully saturated rings. The molecule has 1 aromatic heterocycles. The molecule has 2 aromatic rings. The normalized spacial score (nSPS) is 10.8. The van der Waals surface area contributed by atoms with Crippen molar-refractivity contribution < 1.29 is 9.18 Å². The number of hydrogen-bond acceptors (Lipinski definition) is 3. The highest BCUT2D eigenvalue weighted by Gasteiger charge is 2.14. The van der Waals surface area contributed by atoms with Gasteiger partial charge < -0.3 is 0 Å². The molecule has 0 spiro atoms. The van der Waals surface area contributed by atoms with Crippen LogP contribution in [0.4, 0.5) is 4.39 Å². The zero-order valence-electron chi connectivity index (χ0n) is 11.2. The standard InChI is InChI=1S/C14H14ClFN2OS/c1-9-14(15)13(18(2)17-9)7-11(19)8-20-12-5-3-10(16)4-6-12/h3-6H,7-8H2,1-2H3. The van der Waals surface area contributed by atoms with Crippen LogP contribution < -0.4 is 0 Å². The van der Waals surface area contributed by atoms with Gasteiger partial charge in [-0.1, -0.05) is 11.6 Å². The van der Waals surface area contributed by atoms with E-state index < -0.39 is 0 Å². The fraction of sp³-hybridized carbons (Fsp3) is 0.286. The highest BCUT2D eigenvalue weighted by molar-refractivity contribution is 8.00. The van der Waals surface area contributed by atoms with E-state index in [9.17, 15) is 9.18 Å². The van der Waals surface area contributed by atoms with Gasteiger partial charge in [0.1, 0.15) is 11.6 Å². The van der Waals surface area contributed by atoms with E-state index in [0.29, 0.717) is 10.8 Å². The SMILES string of the molecule is Cc1nn(C)c(CC(=O)CSc2ccc(F)cc2)c1Cl. The largest absolute Gasteiger partial charge is 0.298 e. The van der Waals surface area contributed by atoms with Crippen LogP contribution in [0.2, 0.25) is 5.02 Å². The maximum Gasteiger partial charge on any atom is 0.149 e. The van der Waals surface area contributed by atoms with Gasteiger partial charge in [-0.05, 0) is 31.2 Å². The third kappa shape index (κ3) is 3.61.